The third kappa shape index (κ3) is 13.2. The van der Waals surface area contributed by atoms with E-state index in [9.17, 15) is 4.79 Å². The largest absolute Gasteiger partial charge is 0.361 e. The lowest BCUT2D eigenvalue weighted by molar-refractivity contribution is -0.121. The van der Waals surface area contributed by atoms with Crippen molar-refractivity contribution in [3.05, 3.63) is 36.0 Å². The number of hydrogen-bond donors (Lipinski definition) is 3. The van der Waals surface area contributed by atoms with Gasteiger partial charge >= 0.3 is 0 Å². The minimum absolute atomic E-state index is 0.193. The van der Waals surface area contributed by atoms with Crippen molar-refractivity contribution in [3.63, 3.8) is 0 Å². The number of H-pyrrole nitrogens is 1. The second-order valence-electron chi connectivity index (χ2n) is 9.91. The predicted octanol–water partition coefficient (Wildman–Crippen LogP) is 7.68. The molecule has 0 radical (unpaired) electrons. The SMILES string of the molecule is CCCCCCCCCCCCNCCCCCCCC(=O)NCCc1c[nH]c2ccccc12. The van der Waals surface area contributed by atoms with Gasteiger partial charge in [-0.2, -0.15) is 0 Å². The molecule has 0 unspecified atom stereocenters. The third-order valence-electron chi connectivity index (χ3n) is 6.86. The average molecular weight is 470 g/mol. The van der Waals surface area contributed by atoms with Crippen molar-refractivity contribution >= 4 is 16.8 Å². The van der Waals surface area contributed by atoms with Gasteiger partial charge < -0.3 is 15.6 Å². The molecule has 0 aliphatic carbocycles. The zero-order valence-electron chi connectivity index (χ0n) is 21.9. The Kier molecular flexibility index (Phi) is 16.3. The van der Waals surface area contributed by atoms with Crippen LogP contribution in [0.2, 0.25) is 0 Å². The van der Waals surface area contributed by atoms with Crippen molar-refractivity contribution in [1.82, 2.24) is 15.6 Å². The minimum Gasteiger partial charge on any atom is -0.361 e. The van der Waals surface area contributed by atoms with Crippen LogP contribution < -0.4 is 10.6 Å². The van der Waals surface area contributed by atoms with Crippen molar-refractivity contribution in [2.24, 2.45) is 0 Å². The zero-order valence-corrected chi connectivity index (χ0v) is 21.9. The summed E-state index contributed by atoms with van der Waals surface area (Å²) in [7, 11) is 0. The van der Waals surface area contributed by atoms with E-state index < -0.39 is 0 Å². The van der Waals surface area contributed by atoms with Gasteiger partial charge in [-0.25, -0.2) is 0 Å². The van der Waals surface area contributed by atoms with Gasteiger partial charge in [-0.05, 0) is 50.4 Å². The molecule has 0 aliphatic rings. The highest BCUT2D eigenvalue weighted by Crippen LogP contribution is 2.17. The molecule has 4 nitrogen and oxygen atoms in total. The highest BCUT2D eigenvalue weighted by Gasteiger charge is 2.04. The molecule has 2 rings (SSSR count). The fourth-order valence-corrected chi connectivity index (χ4v) is 4.69. The van der Waals surface area contributed by atoms with Crippen LogP contribution in [0.1, 0.15) is 115 Å². The molecule has 0 saturated carbocycles. The van der Waals surface area contributed by atoms with E-state index >= 15 is 0 Å². The first-order valence-electron chi connectivity index (χ1n) is 14.3. The molecule has 1 aromatic carbocycles. The summed E-state index contributed by atoms with van der Waals surface area (Å²) in [5.74, 6) is 0.193. The average Bonchev–Trinajstić information content (AvgIpc) is 3.26. The summed E-state index contributed by atoms with van der Waals surface area (Å²) < 4.78 is 0. The number of rotatable bonds is 22. The van der Waals surface area contributed by atoms with E-state index in [4.69, 9.17) is 0 Å². The number of unbranched alkanes of at least 4 members (excludes halogenated alkanes) is 13. The van der Waals surface area contributed by atoms with E-state index in [1.54, 1.807) is 0 Å². The topological polar surface area (TPSA) is 56.9 Å². The van der Waals surface area contributed by atoms with Gasteiger partial charge in [0, 0.05) is 30.1 Å². The first-order chi connectivity index (χ1) is 16.8. The Balaban J connectivity index is 1.29. The van der Waals surface area contributed by atoms with Gasteiger partial charge in [-0.3, -0.25) is 4.79 Å². The number of benzene rings is 1. The maximum atomic E-state index is 12.1. The molecule has 0 spiro atoms. The second-order valence-corrected chi connectivity index (χ2v) is 9.91. The van der Waals surface area contributed by atoms with E-state index in [2.05, 4.69) is 46.9 Å². The summed E-state index contributed by atoms with van der Waals surface area (Å²) in [5, 5.41) is 7.94. The number of para-hydroxylation sites is 1. The molecular weight excluding hydrogens is 418 g/mol. The molecule has 0 aliphatic heterocycles. The van der Waals surface area contributed by atoms with E-state index in [1.807, 2.05) is 6.07 Å². The molecule has 3 N–H and O–H groups in total. The Labute approximate surface area is 209 Å². The number of nitrogens with one attached hydrogen (secondary N) is 3. The molecule has 0 saturated heterocycles. The molecule has 192 valence electrons. The highest BCUT2D eigenvalue weighted by atomic mass is 16.1. The number of carbonyl (C=O) groups excluding carboxylic acids is 1. The molecule has 34 heavy (non-hydrogen) atoms. The minimum atomic E-state index is 0.193. The normalized spacial score (nSPS) is 11.3. The van der Waals surface area contributed by atoms with Crippen molar-refractivity contribution < 1.29 is 4.79 Å². The van der Waals surface area contributed by atoms with Crippen molar-refractivity contribution in [2.45, 2.75) is 116 Å². The number of aromatic nitrogens is 1. The molecule has 4 heteroatoms. The Hall–Kier alpha value is -1.81. The van der Waals surface area contributed by atoms with Crippen LogP contribution >= 0.6 is 0 Å². The Morgan fingerprint density at radius 1 is 0.735 bits per heavy atom. The second kappa shape index (κ2) is 19.5. The third-order valence-corrected chi connectivity index (χ3v) is 6.86. The summed E-state index contributed by atoms with van der Waals surface area (Å²) in [6, 6.07) is 8.33. The van der Waals surface area contributed by atoms with E-state index in [0.717, 1.165) is 31.3 Å². The van der Waals surface area contributed by atoms with Crippen LogP contribution in [0.4, 0.5) is 0 Å². The Morgan fingerprint density at radius 2 is 1.32 bits per heavy atom. The monoisotopic (exact) mass is 469 g/mol. The van der Waals surface area contributed by atoms with Gasteiger partial charge in [-0.15, -0.1) is 0 Å². The number of amides is 1. The van der Waals surface area contributed by atoms with Gasteiger partial charge in [0.15, 0.2) is 0 Å². The van der Waals surface area contributed by atoms with Crippen molar-refractivity contribution in [3.8, 4) is 0 Å². The maximum Gasteiger partial charge on any atom is 0.220 e. The Morgan fingerprint density at radius 3 is 2.00 bits per heavy atom. The van der Waals surface area contributed by atoms with Crippen LogP contribution in [-0.2, 0) is 11.2 Å². The van der Waals surface area contributed by atoms with Crippen LogP contribution in [0, 0.1) is 0 Å². The standard InChI is InChI=1S/C30H51N3O/c1-2-3-4-5-6-7-8-9-12-17-23-31-24-18-13-10-11-14-21-30(34)32-25-22-27-26-33-29-20-16-15-19-28(27)29/h15-16,19-20,26,31,33H,2-14,17-18,21-25H2,1H3,(H,32,34). The van der Waals surface area contributed by atoms with Crippen molar-refractivity contribution in [1.29, 1.82) is 0 Å². The van der Waals surface area contributed by atoms with Crippen LogP contribution in [0.5, 0.6) is 0 Å². The van der Waals surface area contributed by atoms with Gasteiger partial charge in [0.25, 0.3) is 0 Å². The lowest BCUT2D eigenvalue weighted by Crippen LogP contribution is -2.25. The van der Waals surface area contributed by atoms with E-state index in [-0.39, 0.29) is 5.91 Å². The first kappa shape index (κ1) is 28.4. The predicted molar refractivity (Wildman–Crippen MR) is 147 cm³/mol. The lowest BCUT2D eigenvalue weighted by Gasteiger charge is -2.06. The van der Waals surface area contributed by atoms with Crippen LogP contribution in [0.25, 0.3) is 10.9 Å². The van der Waals surface area contributed by atoms with Crippen molar-refractivity contribution in [2.75, 3.05) is 19.6 Å². The summed E-state index contributed by atoms with van der Waals surface area (Å²) >= 11 is 0. The summed E-state index contributed by atoms with van der Waals surface area (Å²) in [5.41, 5.74) is 2.44. The van der Waals surface area contributed by atoms with Gasteiger partial charge in [0.1, 0.15) is 0 Å². The number of carbonyl (C=O) groups is 1. The smallest absolute Gasteiger partial charge is 0.220 e. The fraction of sp³-hybridized carbons (Fsp3) is 0.700. The fourth-order valence-electron chi connectivity index (χ4n) is 4.69. The molecule has 1 heterocycles. The van der Waals surface area contributed by atoms with E-state index in [0.29, 0.717) is 13.0 Å². The quantitative estimate of drug-likeness (QED) is 0.155. The van der Waals surface area contributed by atoms with Gasteiger partial charge in [-0.1, -0.05) is 102 Å². The van der Waals surface area contributed by atoms with Crippen LogP contribution in [0.15, 0.2) is 30.5 Å². The zero-order chi connectivity index (χ0) is 24.1. The summed E-state index contributed by atoms with van der Waals surface area (Å²) in [4.78, 5) is 15.4. The van der Waals surface area contributed by atoms with E-state index in [1.165, 1.54) is 101 Å². The number of aromatic amines is 1. The molecule has 0 atom stereocenters. The highest BCUT2D eigenvalue weighted by molar-refractivity contribution is 5.83. The van der Waals surface area contributed by atoms with Gasteiger partial charge in [0.05, 0.1) is 0 Å². The molecule has 0 fully saturated rings. The van der Waals surface area contributed by atoms with Gasteiger partial charge in [0.2, 0.25) is 5.91 Å². The molecular formula is C30H51N3O. The lowest BCUT2D eigenvalue weighted by atomic mass is 10.1. The molecule has 1 aromatic heterocycles. The number of fused-ring (bicyclic) bond motifs is 1. The molecule has 0 bridgehead atoms. The molecule has 2 aromatic rings. The summed E-state index contributed by atoms with van der Waals surface area (Å²) in [6.07, 6.45) is 23.6. The Bertz CT molecular complexity index is 754. The maximum absolute atomic E-state index is 12.1. The first-order valence-corrected chi connectivity index (χ1v) is 14.3. The summed E-state index contributed by atoms with van der Waals surface area (Å²) in [6.45, 7) is 5.32. The van der Waals surface area contributed by atoms with Crippen LogP contribution in [-0.4, -0.2) is 30.5 Å². The molecule has 1 amide bonds. The van der Waals surface area contributed by atoms with Crippen LogP contribution in [0.3, 0.4) is 0 Å². The number of hydrogen-bond acceptors (Lipinski definition) is 2.